The van der Waals surface area contributed by atoms with Crippen LogP contribution in [0.5, 0.6) is 0 Å². The van der Waals surface area contributed by atoms with Gasteiger partial charge in [-0.05, 0) is 36.8 Å². The van der Waals surface area contributed by atoms with Crippen molar-refractivity contribution in [1.82, 2.24) is 0 Å². The first-order valence-corrected chi connectivity index (χ1v) is 8.52. The van der Waals surface area contributed by atoms with Gasteiger partial charge in [0.1, 0.15) is 4.90 Å². The zero-order valence-corrected chi connectivity index (χ0v) is 14.1. The van der Waals surface area contributed by atoms with Gasteiger partial charge in [0, 0.05) is 0 Å². The number of nitrogens with one attached hydrogen (secondary N) is 1. The van der Waals surface area contributed by atoms with Crippen molar-refractivity contribution < 1.29 is 31.5 Å². The van der Waals surface area contributed by atoms with Gasteiger partial charge in [0.05, 0.1) is 21.8 Å². The van der Waals surface area contributed by atoms with E-state index in [1.807, 2.05) is 4.72 Å². The molecule has 2 aromatic rings. The van der Waals surface area contributed by atoms with Gasteiger partial charge in [0.15, 0.2) is 0 Å². The number of rotatable bonds is 4. The second-order valence-electron chi connectivity index (χ2n) is 5.05. The van der Waals surface area contributed by atoms with Gasteiger partial charge in [-0.2, -0.15) is 13.2 Å². The lowest BCUT2D eigenvalue weighted by Gasteiger charge is -2.15. The van der Waals surface area contributed by atoms with Crippen molar-refractivity contribution in [2.45, 2.75) is 18.0 Å². The molecule has 2 aromatic carbocycles. The summed E-state index contributed by atoms with van der Waals surface area (Å²) < 4.78 is 65.4. The van der Waals surface area contributed by atoms with Crippen molar-refractivity contribution in [3.63, 3.8) is 0 Å². The molecule has 0 aliphatic carbocycles. The van der Waals surface area contributed by atoms with Crippen LogP contribution in [0.1, 0.15) is 21.5 Å². The number of halogens is 4. The van der Waals surface area contributed by atoms with E-state index in [0.717, 1.165) is 6.07 Å². The topological polar surface area (TPSA) is 83.5 Å². The largest absolute Gasteiger partial charge is 0.478 e. The molecule has 0 fully saturated rings. The van der Waals surface area contributed by atoms with Crippen molar-refractivity contribution in [3.8, 4) is 0 Å². The van der Waals surface area contributed by atoms with E-state index in [-0.39, 0.29) is 16.8 Å². The molecule has 0 aromatic heterocycles. The van der Waals surface area contributed by atoms with Crippen LogP contribution in [0.2, 0.25) is 5.02 Å². The monoisotopic (exact) mass is 393 g/mol. The Balaban J connectivity index is 2.57. The number of alkyl halides is 3. The second kappa shape index (κ2) is 6.57. The number of carboxylic acid groups (broad SMARTS) is 1. The lowest BCUT2D eigenvalue weighted by atomic mass is 10.1. The lowest BCUT2D eigenvalue weighted by molar-refractivity contribution is -0.137. The van der Waals surface area contributed by atoms with Crippen LogP contribution < -0.4 is 4.72 Å². The number of carbonyl (C=O) groups is 1. The summed E-state index contributed by atoms with van der Waals surface area (Å²) in [6, 6.07) is 5.89. The predicted octanol–water partition coefficient (Wildman–Crippen LogP) is 4.17. The number of anilines is 1. The van der Waals surface area contributed by atoms with Crippen LogP contribution in [0.15, 0.2) is 41.3 Å². The third kappa shape index (κ3) is 4.05. The maximum Gasteiger partial charge on any atom is 0.416 e. The van der Waals surface area contributed by atoms with Crippen LogP contribution in [-0.4, -0.2) is 19.5 Å². The number of hydrogen-bond acceptors (Lipinski definition) is 3. The Labute approximate surface area is 146 Å². The van der Waals surface area contributed by atoms with Gasteiger partial charge in [-0.25, -0.2) is 13.2 Å². The summed E-state index contributed by atoms with van der Waals surface area (Å²) in [6.07, 6.45) is -4.76. The molecule has 134 valence electrons. The first kappa shape index (κ1) is 19.1. The third-order valence-corrected chi connectivity index (χ3v) is 5.12. The Morgan fingerprint density at radius 1 is 1.20 bits per heavy atom. The molecule has 0 unspecified atom stereocenters. The van der Waals surface area contributed by atoms with Crippen LogP contribution in [0, 0.1) is 6.92 Å². The fraction of sp³-hybridized carbons (Fsp3) is 0.133. The maximum atomic E-state index is 12.8. The lowest BCUT2D eigenvalue weighted by Crippen LogP contribution is -2.18. The van der Waals surface area contributed by atoms with E-state index in [4.69, 9.17) is 16.7 Å². The molecule has 5 nitrogen and oxygen atoms in total. The average Bonchev–Trinajstić information content (AvgIpc) is 2.48. The number of sulfonamides is 1. The summed E-state index contributed by atoms with van der Waals surface area (Å²) >= 11 is 5.74. The molecule has 0 saturated carbocycles. The first-order chi connectivity index (χ1) is 11.4. The van der Waals surface area contributed by atoms with Crippen molar-refractivity contribution in [3.05, 3.63) is 58.1 Å². The van der Waals surface area contributed by atoms with E-state index < -0.39 is 37.7 Å². The Bertz CT molecular complexity index is 942. The van der Waals surface area contributed by atoms with Gasteiger partial charge in [0.2, 0.25) is 0 Å². The molecule has 10 heteroatoms. The zero-order chi connectivity index (χ0) is 19.0. The first-order valence-electron chi connectivity index (χ1n) is 6.66. The van der Waals surface area contributed by atoms with Crippen LogP contribution in [0.25, 0.3) is 0 Å². The van der Waals surface area contributed by atoms with Gasteiger partial charge < -0.3 is 5.11 Å². The predicted molar refractivity (Wildman–Crippen MR) is 85.4 cm³/mol. The number of para-hydroxylation sites is 1. The summed E-state index contributed by atoms with van der Waals surface area (Å²) in [5.41, 5.74) is -1.50. The Morgan fingerprint density at radius 3 is 2.40 bits per heavy atom. The molecule has 0 aliphatic rings. The highest BCUT2D eigenvalue weighted by Gasteiger charge is 2.33. The highest BCUT2D eigenvalue weighted by Crippen LogP contribution is 2.34. The number of aryl methyl sites for hydroxylation is 1. The van der Waals surface area contributed by atoms with Crippen molar-refractivity contribution >= 4 is 33.3 Å². The maximum absolute atomic E-state index is 12.8. The van der Waals surface area contributed by atoms with Crippen molar-refractivity contribution in [2.75, 3.05) is 4.72 Å². The molecule has 0 heterocycles. The Morgan fingerprint density at radius 2 is 1.84 bits per heavy atom. The average molecular weight is 394 g/mol. The molecular formula is C15H11ClF3NO4S. The van der Waals surface area contributed by atoms with E-state index >= 15 is 0 Å². The summed E-state index contributed by atoms with van der Waals surface area (Å²) in [5, 5.41) is 8.73. The molecule has 0 radical (unpaired) electrons. The smallest absolute Gasteiger partial charge is 0.416 e. The second-order valence-corrected chi connectivity index (χ2v) is 7.11. The van der Waals surface area contributed by atoms with Crippen molar-refractivity contribution in [1.29, 1.82) is 0 Å². The molecule has 0 bridgehead atoms. The minimum Gasteiger partial charge on any atom is -0.478 e. The minimum atomic E-state index is -4.76. The third-order valence-electron chi connectivity index (χ3n) is 3.29. The van der Waals surface area contributed by atoms with Gasteiger partial charge in [-0.3, -0.25) is 4.72 Å². The summed E-state index contributed by atoms with van der Waals surface area (Å²) in [4.78, 5) is 10.4. The molecule has 0 atom stereocenters. The number of aromatic carboxylic acids is 1. The van der Waals surface area contributed by atoms with Crippen molar-refractivity contribution in [2.24, 2.45) is 0 Å². The zero-order valence-electron chi connectivity index (χ0n) is 12.6. The van der Waals surface area contributed by atoms with E-state index in [9.17, 15) is 26.4 Å². The van der Waals surface area contributed by atoms with E-state index in [0.29, 0.717) is 12.1 Å². The van der Waals surface area contributed by atoms with Gasteiger partial charge in [-0.15, -0.1) is 0 Å². The van der Waals surface area contributed by atoms with Crippen LogP contribution in [0.3, 0.4) is 0 Å². The SMILES string of the molecule is Cc1cccc(C(=O)O)c1NS(=O)(=O)c1cc(C(F)(F)F)ccc1Cl. The van der Waals surface area contributed by atoms with Gasteiger partial charge in [-0.1, -0.05) is 23.7 Å². The minimum absolute atomic E-state index is 0.247. The number of hydrogen-bond donors (Lipinski definition) is 2. The normalized spacial score (nSPS) is 12.0. The molecule has 2 rings (SSSR count). The fourth-order valence-electron chi connectivity index (χ4n) is 2.06. The van der Waals surface area contributed by atoms with Crippen LogP contribution in [0.4, 0.5) is 18.9 Å². The van der Waals surface area contributed by atoms with Gasteiger partial charge >= 0.3 is 12.1 Å². The quantitative estimate of drug-likeness (QED) is 0.816. The highest BCUT2D eigenvalue weighted by molar-refractivity contribution is 7.92. The Kier molecular flexibility index (Phi) is 5.01. The molecule has 2 N–H and O–H groups in total. The van der Waals surface area contributed by atoms with Crippen LogP contribution in [-0.2, 0) is 16.2 Å². The fourth-order valence-corrected chi connectivity index (χ4v) is 3.74. The molecule has 25 heavy (non-hydrogen) atoms. The molecule has 0 saturated heterocycles. The number of carboxylic acids is 1. The van der Waals surface area contributed by atoms with E-state index in [2.05, 4.69) is 0 Å². The summed E-state index contributed by atoms with van der Waals surface area (Å²) in [5.74, 6) is -1.39. The molecule has 0 amide bonds. The van der Waals surface area contributed by atoms with E-state index in [1.165, 1.54) is 25.1 Å². The summed E-state index contributed by atoms with van der Waals surface area (Å²) in [7, 11) is -4.55. The molecule has 0 aliphatic heterocycles. The standard InChI is InChI=1S/C15H11ClF3NO4S/c1-8-3-2-4-10(14(21)22)13(8)20-25(23,24)12-7-9(15(17,18)19)5-6-11(12)16/h2-7,20H,1H3,(H,21,22). The Hall–Kier alpha value is -2.26. The van der Waals surface area contributed by atoms with Crippen LogP contribution >= 0.6 is 11.6 Å². The molecular weight excluding hydrogens is 383 g/mol. The summed E-state index contributed by atoms with van der Waals surface area (Å²) in [6.45, 7) is 1.46. The van der Waals surface area contributed by atoms with Gasteiger partial charge in [0.25, 0.3) is 10.0 Å². The highest BCUT2D eigenvalue weighted by atomic mass is 35.5. The van der Waals surface area contributed by atoms with E-state index in [1.54, 1.807) is 0 Å². The molecule has 0 spiro atoms. The number of benzene rings is 2.